The molecule has 0 bridgehead atoms. The highest BCUT2D eigenvalue weighted by Gasteiger charge is 2.32. The molecule has 0 saturated carbocycles. The first-order valence-electron chi connectivity index (χ1n) is 16.1. The van der Waals surface area contributed by atoms with E-state index in [4.69, 9.17) is 4.74 Å². The van der Waals surface area contributed by atoms with Gasteiger partial charge in [0.05, 0.1) is 11.3 Å². The van der Waals surface area contributed by atoms with Crippen molar-refractivity contribution in [1.29, 1.82) is 0 Å². The lowest BCUT2D eigenvalue weighted by molar-refractivity contribution is -0.387. The number of carboxylic acids is 1. The minimum absolute atomic E-state index is 0.00977. The predicted molar refractivity (Wildman–Crippen MR) is 170 cm³/mol. The van der Waals surface area contributed by atoms with Gasteiger partial charge >= 0.3 is 17.7 Å². The minimum Gasteiger partial charge on any atom is -0.481 e. The van der Waals surface area contributed by atoms with Crippen molar-refractivity contribution in [3.63, 3.8) is 0 Å². The van der Waals surface area contributed by atoms with Gasteiger partial charge in [0.2, 0.25) is 11.7 Å². The molecule has 0 spiro atoms. The van der Waals surface area contributed by atoms with Gasteiger partial charge in [-0.2, -0.15) is 4.39 Å². The van der Waals surface area contributed by atoms with E-state index in [1.165, 1.54) is 18.5 Å². The van der Waals surface area contributed by atoms with Crippen LogP contribution in [0.4, 0.5) is 14.9 Å². The van der Waals surface area contributed by atoms with Gasteiger partial charge in [0.1, 0.15) is 11.4 Å². The molecule has 2 fully saturated rings. The molecule has 4 rings (SSSR count). The van der Waals surface area contributed by atoms with Gasteiger partial charge < -0.3 is 19.6 Å². The van der Waals surface area contributed by atoms with Gasteiger partial charge in [-0.05, 0) is 82.1 Å². The summed E-state index contributed by atoms with van der Waals surface area (Å²) >= 11 is 0. The smallest absolute Gasteiger partial charge is 0.410 e. The first-order chi connectivity index (χ1) is 22.2. The fourth-order valence-corrected chi connectivity index (χ4v) is 6.28. The summed E-state index contributed by atoms with van der Waals surface area (Å²) in [6.07, 6.45) is 6.13. The Kier molecular flexibility index (Phi) is 11.6. The van der Waals surface area contributed by atoms with Crippen LogP contribution in [0.5, 0.6) is 0 Å². The van der Waals surface area contributed by atoms with Gasteiger partial charge in [-0.25, -0.2) is 4.79 Å². The molecule has 1 unspecified atom stereocenters. The Morgan fingerprint density at radius 3 is 2.43 bits per heavy atom. The molecule has 3 heterocycles. The van der Waals surface area contributed by atoms with Crippen LogP contribution in [0.25, 0.3) is 11.1 Å². The number of amides is 2. The maximum Gasteiger partial charge on any atom is 0.410 e. The van der Waals surface area contributed by atoms with E-state index in [0.29, 0.717) is 67.9 Å². The monoisotopic (exact) mass is 654 g/mol. The van der Waals surface area contributed by atoms with Crippen LogP contribution in [-0.4, -0.2) is 80.3 Å². The zero-order chi connectivity index (χ0) is 34.3. The molecule has 254 valence electrons. The largest absolute Gasteiger partial charge is 0.481 e. The number of pyridine rings is 1. The van der Waals surface area contributed by atoms with Gasteiger partial charge in [0, 0.05) is 74.9 Å². The summed E-state index contributed by atoms with van der Waals surface area (Å²) in [4.78, 5) is 68.8. The highest BCUT2D eigenvalue weighted by molar-refractivity contribution is 5.84. The second kappa shape index (κ2) is 15.4. The summed E-state index contributed by atoms with van der Waals surface area (Å²) in [7, 11) is 0. The predicted octanol–water partition coefficient (Wildman–Crippen LogP) is 5.98. The zero-order valence-corrected chi connectivity index (χ0v) is 27.2. The van der Waals surface area contributed by atoms with E-state index in [1.807, 2.05) is 20.8 Å². The van der Waals surface area contributed by atoms with Crippen molar-refractivity contribution >= 4 is 29.4 Å². The molecule has 13 heteroatoms. The summed E-state index contributed by atoms with van der Waals surface area (Å²) in [6.45, 7) is 7.54. The average Bonchev–Trinajstić information content (AvgIpc) is 3.02. The highest BCUT2D eigenvalue weighted by atomic mass is 19.1. The van der Waals surface area contributed by atoms with Gasteiger partial charge in [-0.3, -0.25) is 29.5 Å². The van der Waals surface area contributed by atoms with Crippen molar-refractivity contribution in [2.24, 2.45) is 11.8 Å². The Bertz CT molecular complexity index is 1480. The number of carbonyl (C=O) groups is 4. The Morgan fingerprint density at radius 2 is 1.77 bits per heavy atom. The minimum atomic E-state index is -1.09. The Hall–Kier alpha value is -4.42. The van der Waals surface area contributed by atoms with Crippen LogP contribution >= 0.6 is 0 Å². The van der Waals surface area contributed by atoms with E-state index in [-0.39, 0.29) is 37.2 Å². The lowest BCUT2D eigenvalue weighted by Crippen LogP contribution is -2.43. The Balaban J connectivity index is 1.33. The summed E-state index contributed by atoms with van der Waals surface area (Å²) in [5, 5.41) is 20.8. The van der Waals surface area contributed by atoms with Crippen LogP contribution in [0, 0.1) is 27.8 Å². The van der Waals surface area contributed by atoms with Crippen LogP contribution in [-0.2, 0) is 19.1 Å². The summed E-state index contributed by atoms with van der Waals surface area (Å²) < 4.78 is 19.4. The topological polar surface area (TPSA) is 160 Å². The first-order valence-corrected chi connectivity index (χ1v) is 16.1. The van der Waals surface area contributed by atoms with Gasteiger partial charge in [-0.1, -0.05) is 6.07 Å². The number of carbonyl (C=O) groups excluding carboxylic acids is 3. The molecular formula is C34H43FN4O8. The van der Waals surface area contributed by atoms with Crippen molar-refractivity contribution in [1.82, 2.24) is 14.8 Å². The van der Waals surface area contributed by atoms with Crippen LogP contribution in [0.3, 0.4) is 0 Å². The van der Waals surface area contributed by atoms with Crippen LogP contribution in [0.15, 0.2) is 36.7 Å². The number of benzene rings is 1. The molecule has 47 heavy (non-hydrogen) atoms. The van der Waals surface area contributed by atoms with Crippen molar-refractivity contribution in [2.75, 3.05) is 26.2 Å². The number of ether oxygens (including phenoxy) is 1. The molecule has 12 nitrogen and oxygen atoms in total. The van der Waals surface area contributed by atoms with E-state index in [1.54, 1.807) is 15.9 Å². The fourth-order valence-electron chi connectivity index (χ4n) is 6.28. The maximum atomic E-state index is 13.9. The number of likely N-dealkylation sites (tertiary alicyclic amines) is 2. The van der Waals surface area contributed by atoms with Crippen molar-refractivity contribution in [3.05, 3.63) is 58.2 Å². The molecular weight excluding hydrogens is 611 g/mol. The molecule has 0 radical (unpaired) electrons. The van der Waals surface area contributed by atoms with Gasteiger partial charge in [0.15, 0.2) is 0 Å². The average molecular weight is 655 g/mol. The van der Waals surface area contributed by atoms with Crippen LogP contribution in [0.1, 0.15) is 83.6 Å². The third-order valence-corrected chi connectivity index (χ3v) is 8.84. The van der Waals surface area contributed by atoms with E-state index in [0.717, 1.165) is 25.0 Å². The lowest BCUT2D eigenvalue weighted by atomic mass is 9.84. The number of hydrogen-bond donors (Lipinski definition) is 1. The Labute approximate surface area is 273 Å². The molecule has 0 aliphatic carbocycles. The summed E-state index contributed by atoms with van der Waals surface area (Å²) in [5.74, 6) is -3.02. The number of nitro benzene ring substituents is 1. The van der Waals surface area contributed by atoms with Crippen LogP contribution in [0.2, 0.25) is 0 Å². The highest BCUT2D eigenvalue weighted by Crippen LogP contribution is 2.32. The lowest BCUT2D eigenvalue weighted by Gasteiger charge is -2.35. The number of carboxylic acid groups (broad SMARTS) is 1. The fraction of sp³-hybridized carbons (Fsp3) is 0.559. The molecule has 2 aliphatic rings. The number of ketones is 1. The quantitative estimate of drug-likeness (QED) is 0.227. The second-order valence-electron chi connectivity index (χ2n) is 13.5. The third kappa shape index (κ3) is 10.0. The first kappa shape index (κ1) is 35.4. The standard InChI is InChI=1S/C34H43FN4O8/c1-34(2,3)47-33(44)37-13-10-22(11-14-37)6-9-31(41)38-12-4-5-24(21-38)30(40)17-25(18-32(42)43)27-15-26(19-36-20-27)23-7-8-28(35)29(16-23)39(45)46/h7-8,15-16,19-20,22,24-25H,4-6,9-14,17-18,21H2,1-3H3,(H,42,43)/t24-,25?/m1/s1. The second-order valence-corrected chi connectivity index (χ2v) is 13.5. The van der Waals surface area contributed by atoms with E-state index in [2.05, 4.69) is 4.98 Å². The molecule has 2 aromatic rings. The van der Waals surface area contributed by atoms with Crippen molar-refractivity contribution in [3.8, 4) is 11.1 Å². The maximum absolute atomic E-state index is 13.9. The van der Waals surface area contributed by atoms with Crippen LogP contribution < -0.4 is 0 Å². The number of nitrogens with zero attached hydrogens (tertiary/aromatic N) is 4. The number of aromatic nitrogens is 1. The number of Topliss-reactive ketones (excluding diaryl/α,β-unsaturated/α-hetero) is 1. The SMILES string of the molecule is CC(C)(C)OC(=O)N1CCC(CCC(=O)N2CCC[C@@H](C(=O)CC(CC(=O)O)c3cncc(-c4ccc(F)c([N+](=O)[O-])c4)c3)C2)CC1. The van der Waals surface area contributed by atoms with Gasteiger partial charge in [-0.15, -0.1) is 0 Å². The molecule has 2 amide bonds. The van der Waals surface area contributed by atoms with E-state index in [9.17, 15) is 38.8 Å². The molecule has 2 saturated heterocycles. The normalized spacial score (nSPS) is 18.0. The molecule has 1 aromatic heterocycles. The molecule has 2 atom stereocenters. The van der Waals surface area contributed by atoms with Crippen molar-refractivity contribution in [2.45, 2.75) is 83.7 Å². The third-order valence-electron chi connectivity index (χ3n) is 8.84. The molecule has 1 N–H and O–H groups in total. The zero-order valence-electron chi connectivity index (χ0n) is 27.2. The van der Waals surface area contributed by atoms with E-state index >= 15 is 0 Å². The number of nitro groups is 1. The summed E-state index contributed by atoms with van der Waals surface area (Å²) in [5.41, 5.74) is 0.00402. The number of rotatable bonds is 11. The van der Waals surface area contributed by atoms with E-state index < -0.39 is 39.8 Å². The summed E-state index contributed by atoms with van der Waals surface area (Å²) in [6, 6.07) is 5.08. The Morgan fingerprint density at radius 1 is 1.04 bits per heavy atom. The number of aliphatic carboxylic acids is 1. The van der Waals surface area contributed by atoms with Gasteiger partial charge in [0.25, 0.3) is 0 Å². The molecule has 1 aromatic carbocycles. The number of piperidine rings is 2. The number of halogens is 1. The van der Waals surface area contributed by atoms with Crippen molar-refractivity contribution < 1.29 is 38.3 Å². The number of hydrogen-bond acceptors (Lipinski definition) is 8. The molecule has 2 aliphatic heterocycles.